The molecule has 1 aromatic carbocycles. The maximum absolute atomic E-state index is 12.3. The SMILES string of the molecule is CCCCN(C)S(=O)(=O)c1ccccc1CN. The highest BCUT2D eigenvalue weighted by Gasteiger charge is 2.22. The zero-order valence-electron chi connectivity index (χ0n) is 10.4. The molecule has 0 bridgehead atoms. The van der Waals surface area contributed by atoms with Crippen LogP contribution in [0, 0.1) is 0 Å². The second-order valence-corrected chi connectivity index (χ2v) is 6.01. The number of benzene rings is 1. The van der Waals surface area contributed by atoms with Crippen molar-refractivity contribution < 1.29 is 8.42 Å². The molecule has 1 rings (SSSR count). The number of nitrogens with zero attached hydrogens (tertiary/aromatic N) is 1. The van der Waals surface area contributed by atoms with E-state index >= 15 is 0 Å². The Balaban J connectivity index is 3.04. The highest BCUT2D eigenvalue weighted by molar-refractivity contribution is 7.89. The van der Waals surface area contributed by atoms with Crippen molar-refractivity contribution in [3.8, 4) is 0 Å². The molecule has 0 unspecified atom stereocenters. The average molecular weight is 256 g/mol. The van der Waals surface area contributed by atoms with Gasteiger partial charge in [0, 0.05) is 20.1 Å². The first-order valence-electron chi connectivity index (χ1n) is 5.78. The second-order valence-electron chi connectivity index (χ2n) is 3.99. The average Bonchev–Trinajstić information content (AvgIpc) is 2.35. The van der Waals surface area contributed by atoms with Crippen LogP contribution in [0.2, 0.25) is 0 Å². The summed E-state index contributed by atoms with van der Waals surface area (Å²) in [7, 11) is -1.79. The predicted molar refractivity (Wildman–Crippen MR) is 69.1 cm³/mol. The molecule has 0 amide bonds. The van der Waals surface area contributed by atoms with E-state index in [0.29, 0.717) is 17.0 Å². The summed E-state index contributed by atoms with van der Waals surface area (Å²) >= 11 is 0. The molecule has 0 spiro atoms. The Morgan fingerprint density at radius 3 is 2.53 bits per heavy atom. The first kappa shape index (κ1) is 14.2. The predicted octanol–water partition coefficient (Wildman–Crippen LogP) is 1.57. The maximum Gasteiger partial charge on any atom is 0.243 e. The van der Waals surface area contributed by atoms with Crippen LogP contribution in [0.25, 0.3) is 0 Å². The summed E-state index contributed by atoms with van der Waals surface area (Å²) in [4.78, 5) is 0.320. The summed E-state index contributed by atoms with van der Waals surface area (Å²) in [5.41, 5.74) is 6.23. The third-order valence-electron chi connectivity index (χ3n) is 2.71. The van der Waals surface area contributed by atoms with Crippen LogP contribution in [0.1, 0.15) is 25.3 Å². The van der Waals surface area contributed by atoms with E-state index in [1.807, 2.05) is 6.92 Å². The van der Waals surface area contributed by atoms with Gasteiger partial charge in [0.25, 0.3) is 0 Å². The van der Waals surface area contributed by atoms with Crippen LogP contribution >= 0.6 is 0 Å². The van der Waals surface area contributed by atoms with E-state index < -0.39 is 10.0 Å². The Labute approximate surface area is 103 Å². The fourth-order valence-corrected chi connectivity index (χ4v) is 3.03. The molecule has 0 aliphatic carbocycles. The fraction of sp³-hybridized carbons (Fsp3) is 0.500. The monoisotopic (exact) mass is 256 g/mol. The Kier molecular flexibility index (Phi) is 5.11. The smallest absolute Gasteiger partial charge is 0.243 e. The molecule has 5 heteroatoms. The van der Waals surface area contributed by atoms with Crippen LogP contribution in [0.15, 0.2) is 29.2 Å². The first-order chi connectivity index (χ1) is 8.04. The van der Waals surface area contributed by atoms with Crippen LogP contribution in [0.3, 0.4) is 0 Å². The summed E-state index contributed by atoms with van der Waals surface area (Å²) in [6.45, 7) is 2.81. The van der Waals surface area contributed by atoms with Gasteiger partial charge in [-0.1, -0.05) is 31.5 Å². The topological polar surface area (TPSA) is 63.4 Å². The summed E-state index contributed by atoms with van der Waals surface area (Å²) in [6, 6.07) is 6.88. The van der Waals surface area contributed by atoms with Gasteiger partial charge in [0.05, 0.1) is 4.90 Å². The van der Waals surface area contributed by atoms with E-state index in [0.717, 1.165) is 12.8 Å². The Morgan fingerprint density at radius 1 is 1.29 bits per heavy atom. The molecule has 0 aliphatic heterocycles. The molecule has 96 valence electrons. The van der Waals surface area contributed by atoms with Crippen LogP contribution in [-0.4, -0.2) is 26.3 Å². The molecule has 0 heterocycles. The van der Waals surface area contributed by atoms with Crippen molar-refractivity contribution in [3.63, 3.8) is 0 Å². The van der Waals surface area contributed by atoms with Crippen LogP contribution < -0.4 is 5.73 Å². The molecule has 2 N–H and O–H groups in total. The van der Waals surface area contributed by atoms with Crippen molar-refractivity contribution in [2.24, 2.45) is 5.73 Å². The van der Waals surface area contributed by atoms with Crippen LogP contribution in [-0.2, 0) is 16.6 Å². The Morgan fingerprint density at radius 2 is 1.94 bits per heavy atom. The summed E-state index contributed by atoms with van der Waals surface area (Å²) in [6.07, 6.45) is 1.83. The van der Waals surface area contributed by atoms with Gasteiger partial charge in [-0.2, -0.15) is 0 Å². The second kappa shape index (κ2) is 6.14. The van der Waals surface area contributed by atoms with E-state index in [-0.39, 0.29) is 6.54 Å². The quantitative estimate of drug-likeness (QED) is 0.840. The third-order valence-corrected chi connectivity index (χ3v) is 4.66. The Bertz CT molecular complexity index is 457. The van der Waals surface area contributed by atoms with E-state index in [1.165, 1.54) is 4.31 Å². The van der Waals surface area contributed by atoms with Crippen LogP contribution in [0.5, 0.6) is 0 Å². The molecule has 0 fully saturated rings. The molecular weight excluding hydrogens is 236 g/mol. The molecule has 0 saturated carbocycles. The van der Waals surface area contributed by atoms with Crippen molar-refractivity contribution >= 4 is 10.0 Å². The van der Waals surface area contributed by atoms with Crippen molar-refractivity contribution in [1.29, 1.82) is 0 Å². The summed E-state index contributed by atoms with van der Waals surface area (Å²) < 4.78 is 26.0. The molecule has 0 saturated heterocycles. The van der Waals surface area contributed by atoms with Gasteiger partial charge in [0.15, 0.2) is 0 Å². The van der Waals surface area contributed by atoms with Crippen molar-refractivity contribution in [3.05, 3.63) is 29.8 Å². The largest absolute Gasteiger partial charge is 0.326 e. The van der Waals surface area contributed by atoms with E-state index in [4.69, 9.17) is 5.73 Å². The zero-order valence-corrected chi connectivity index (χ0v) is 11.2. The lowest BCUT2D eigenvalue weighted by Gasteiger charge is -2.18. The highest BCUT2D eigenvalue weighted by atomic mass is 32.2. The molecule has 1 aromatic rings. The fourth-order valence-electron chi connectivity index (χ4n) is 1.59. The maximum atomic E-state index is 12.3. The third kappa shape index (κ3) is 3.28. The zero-order chi connectivity index (χ0) is 12.9. The van der Waals surface area contributed by atoms with Gasteiger partial charge in [-0.05, 0) is 18.1 Å². The van der Waals surface area contributed by atoms with Gasteiger partial charge in [-0.15, -0.1) is 0 Å². The number of nitrogens with two attached hydrogens (primary N) is 1. The molecule has 4 nitrogen and oxygen atoms in total. The number of rotatable bonds is 6. The van der Waals surface area contributed by atoms with Crippen molar-refractivity contribution in [2.75, 3.05) is 13.6 Å². The lowest BCUT2D eigenvalue weighted by molar-refractivity contribution is 0.458. The molecule has 0 atom stereocenters. The van der Waals surface area contributed by atoms with Gasteiger partial charge >= 0.3 is 0 Å². The summed E-state index contributed by atoms with van der Waals surface area (Å²) in [5, 5.41) is 0. The van der Waals surface area contributed by atoms with Gasteiger partial charge < -0.3 is 5.73 Å². The minimum atomic E-state index is -3.40. The molecule has 0 radical (unpaired) electrons. The van der Waals surface area contributed by atoms with E-state index in [9.17, 15) is 8.42 Å². The van der Waals surface area contributed by atoms with E-state index in [1.54, 1.807) is 31.3 Å². The molecular formula is C12H20N2O2S. The van der Waals surface area contributed by atoms with E-state index in [2.05, 4.69) is 0 Å². The summed E-state index contributed by atoms with van der Waals surface area (Å²) in [5.74, 6) is 0. The normalized spacial score (nSPS) is 12.0. The number of hydrogen-bond donors (Lipinski definition) is 1. The van der Waals surface area contributed by atoms with Crippen LogP contribution in [0.4, 0.5) is 0 Å². The lowest BCUT2D eigenvalue weighted by atomic mass is 10.2. The van der Waals surface area contributed by atoms with Gasteiger partial charge in [-0.25, -0.2) is 12.7 Å². The molecule has 17 heavy (non-hydrogen) atoms. The van der Waals surface area contributed by atoms with Gasteiger partial charge in [0.2, 0.25) is 10.0 Å². The first-order valence-corrected chi connectivity index (χ1v) is 7.22. The molecule has 0 aliphatic rings. The van der Waals surface area contributed by atoms with Gasteiger partial charge in [-0.3, -0.25) is 0 Å². The number of hydrogen-bond acceptors (Lipinski definition) is 3. The van der Waals surface area contributed by atoms with Crippen molar-refractivity contribution in [1.82, 2.24) is 4.31 Å². The number of unbranched alkanes of at least 4 members (excludes halogenated alkanes) is 1. The standard InChI is InChI=1S/C12H20N2O2S/c1-3-4-9-14(2)17(15,16)12-8-6-5-7-11(12)10-13/h5-8H,3-4,9-10,13H2,1-2H3. The minimum Gasteiger partial charge on any atom is -0.326 e. The lowest BCUT2D eigenvalue weighted by Crippen LogP contribution is -2.29. The van der Waals surface area contributed by atoms with Gasteiger partial charge in [0.1, 0.15) is 0 Å². The molecule has 0 aromatic heterocycles. The minimum absolute atomic E-state index is 0.233. The van der Waals surface area contributed by atoms with Crippen molar-refractivity contribution in [2.45, 2.75) is 31.2 Å². The Hall–Kier alpha value is -0.910. The highest BCUT2D eigenvalue weighted by Crippen LogP contribution is 2.19. The number of sulfonamides is 1.